The van der Waals surface area contributed by atoms with E-state index in [0.29, 0.717) is 23.3 Å². The molecule has 172 valence electrons. The van der Waals surface area contributed by atoms with Crippen LogP contribution in [0.1, 0.15) is 39.2 Å². The van der Waals surface area contributed by atoms with E-state index in [-0.39, 0.29) is 24.6 Å². The third-order valence-corrected chi connectivity index (χ3v) is 5.06. The standard InChI is InChI=1S/C27H29NO5/c1-19(2)8-7-9-20(3)14-15-31-25-23-13-12-22(32-17-21-10-5-4-6-11-21)16-24(23)28-27(30)26(25)33-18-29/h4-6,8,10-14,16,18H,7,9,15,17H2,1-3H3,(H,28,30)/b20-14+. The Hall–Kier alpha value is -3.80. The molecule has 0 fully saturated rings. The summed E-state index contributed by atoms with van der Waals surface area (Å²) < 4.78 is 16.7. The number of hydrogen-bond acceptors (Lipinski definition) is 5. The number of hydrogen-bond donors (Lipinski definition) is 1. The lowest BCUT2D eigenvalue weighted by molar-refractivity contribution is -0.120. The minimum atomic E-state index is -0.547. The Morgan fingerprint density at radius 3 is 2.48 bits per heavy atom. The maximum Gasteiger partial charge on any atom is 0.298 e. The molecule has 0 radical (unpaired) electrons. The fourth-order valence-corrected chi connectivity index (χ4v) is 3.32. The number of rotatable bonds is 11. The molecule has 6 heteroatoms. The van der Waals surface area contributed by atoms with Crippen LogP contribution in [0.25, 0.3) is 10.9 Å². The normalized spacial score (nSPS) is 11.2. The van der Waals surface area contributed by atoms with Crippen molar-refractivity contribution in [2.24, 2.45) is 0 Å². The summed E-state index contributed by atoms with van der Waals surface area (Å²) in [5, 5.41) is 0.620. The molecule has 1 N–H and O–H groups in total. The van der Waals surface area contributed by atoms with Gasteiger partial charge in [0, 0.05) is 11.5 Å². The van der Waals surface area contributed by atoms with Gasteiger partial charge in [-0.3, -0.25) is 9.59 Å². The quantitative estimate of drug-likeness (QED) is 0.301. The largest absolute Gasteiger partial charge is 0.489 e. The van der Waals surface area contributed by atoms with Gasteiger partial charge in [-0.05, 0) is 57.4 Å². The summed E-state index contributed by atoms with van der Waals surface area (Å²) >= 11 is 0. The molecule has 0 saturated heterocycles. The Balaban J connectivity index is 1.82. The van der Waals surface area contributed by atoms with Crippen molar-refractivity contribution in [2.45, 2.75) is 40.2 Å². The Bertz CT molecular complexity index is 1200. The Kier molecular flexibility index (Phi) is 8.47. The van der Waals surface area contributed by atoms with Crippen molar-refractivity contribution in [3.8, 4) is 17.2 Å². The van der Waals surface area contributed by atoms with Crippen LogP contribution in [0.3, 0.4) is 0 Å². The van der Waals surface area contributed by atoms with Crippen LogP contribution in [-0.2, 0) is 11.4 Å². The van der Waals surface area contributed by atoms with Gasteiger partial charge in [0.05, 0.1) is 5.52 Å². The van der Waals surface area contributed by atoms with Crippen molar-refractivity contribution in [2.75, 3.05) is 6.61 Å². The van der Waals surface area contributed by atoms with Crippen LogP contribution in [-0.4, -0.2) is 18.1 Å². The van der Waals surface area contributed by atoms with Crippen molar-refractivity contribution < 1.29 is 19.0 Å². The molecule has 1 aromatic heterocycles. The van der Waals surface area contributed by atoms with Gasteiger partial charge in [0.15, 0.2) is 5.75 Å². The molecular formula is C27H29NO5. The van der Waals surface area contributed by atoms with Gasteiger partial charge in [-0.2, -0.15) is 0 Å². The predicted octanol–water partition coefficient (Wildman–Crippen LogP) is 5.71. The van der Waals surface area contributed by atoms with Crippen LogP contribution >= 0.6 is 0 Å². The van der Waals surface area contributed by atoms with E-state index in [9.17, 15) is 9.59 Å². The van der Waals surface area contributed by atoms with Crippen LogP contribution in [0.5, 0.6) is 17.2 Å². The molecule has 2 aromatic carbocycles. The van der Waals surface area contributed by atoms with Crippen LogP contribution in [0.2, 0.25) is 0 Å². The molecule has 0 unspecified atom stereocenters. The van der Waals surface area contributed by atoms with Gasteiger partial charge in [-0.1, -0.05) is 47.6 Å². The summed E-state index contributed by atoms with van der Waals surface area (Å²) in [7, 11) is 0. The van der Waals surface area contributed by atoms with Crippen molar-refractivity contribution in [1.29, 1.82) is 0 Å². The maximum atomic E-state index is 12.6. The number of carbonyl (C=O) groups is 1. The number of pyridine rings is 1. The average Bonchev–Trinajstić information content (AvgIpc) is 2.80. The lowest BCUT2D eigenvalue weighted by atomic mass is 10.1. The molecule has 0 aliphatic rings. The third-order valence-electron chi connectivity index (χ3n) is 5.06. The highest BCUT2D eigenvalue weighted by Gasteiger charge is 2.16. The molecule has 0 aliphatic carbocycles. The number of aromatic amines is 1. The lowest BCUT2D eigenvalue weighted by Gasteiger charge is -2.13. The van der Waals surface area contributed by atoms with E-state index in [1.165, 1.54) is 11.1 Å². The van der Waals surface area contributed by atoms with Crippen molar-refractivity contribution in [3.63, 3.8) is 0 Å². The summed E-state index contributed by atoms with van der Waals surface area (Å²) in [6, 6.07) is 15.1. The number of ether oxygens (including phenoxy) is 3. The highest BCUT2D eigenvalue weighted by molar-refractivity contribution is 5.88. The van der Waals surface area contributed by atoms with E-state index in [1.807, 2.05) is 43.3 Å². The first-order valence-corrected chi connectivity index (χ1v) is 10.9. The van der Waals surface area contributed by atoms with Gasteiger partial charge in [0.25, 0.3) is 12.0 Å². The second-order valence-electron chi connectivity index (χ2n) is 7.99. The van der Waals surface area contributed by atoms with Crippen LogP contribution in [0.4, 0.5) is 0 Å². The highest BCUT2D eigenvalue weighted by atomic mass is 16.5. The second kappa shape index (κ2) is 11.7. The molecule has 0 aliphatic heterocycles. The smallest absolute Gasteiger partial charge is 0.298 e. The molecule has 0 amide bonds. The summed E-state index contributed by atoms with van der Waals surface area (Å²) in [6.45, 7) is 7.07. The molecule has 0 atom stereocenters. The maximum absolute atomic E-state index is 12.6. The fourth-order valence-electron chi connectivity index (χ4n) is 3.32. The van der Waals surface area contributed by atoms with Gasteiger partial charge in [0.2, 0.25) is 5.75 Å². The fraction of sp³-hybridized carbons (Fsp3) is 0.259. The molecule has 0 bridgehead atoms. The number of H-pyrrole nitrogens is 1. The van der Waals surface area contributed by atoms with Crippen LogP contribution < -0.4 is 19.8 Å². The van der Waals surface area contributed by atoms with E-state index < -0.39 is 5.56 Å². The molecule has 3 rings (SSSR count). The molecule has 3 aromatic rings. The second-order valence-corrected chi connectivity index (χ2v) is 7.99. The van der Waals surface area contributed by atoms with Gasteiger partial charge in [-0.15, -0.1) is 0 Å². The number of benzene rings is 2. The van der Waals surface area contributed by atoms with Gasteiger partial charge in [0.1, 0.15) is 19.0 Å². The number of aromatic nitrogens is 1. The first-order chi connectivity index (χ1) is 16.0. The van der Waals surface area contributed by atoms with Gasteiger partial charge < -0.3 is 19.2 Å². The van der Waals surface area contributed by atoms with Crippen LogP contribution in [0, 0.1) is 0 Å². The first-order valence-electron chi connectivity index (χ1n) is 10.9. The van der Waals surface area contributed by atoms with Crippen molar-refractivity contribution in [1.82, 2.24) is 4.98 Å². The number of nitrogens with one attached hydrogen (secondary N) is 1. The summed E-state index contributed by atoms with van der Waals surface area (Å²) in [4.78, 5) is 26.3. The first kappa shape index (κ1) is 23.9. The molecule has 0 saturated carbocycles. The van der Waals surface area contributed by atoms with E-state index >= 15 is 0 Å². The molecule has 33 heavy (non-hydrogen) atoms. The molecule has 1 heterocycles. The van der Waals surface area contributed by atoms with E-state index in [1.54, 1.807) is 18.2 Å². The highest BCUT2D eigenvalue weighted by Crippen LogP contribution is 2.33. The van der Waals surface area contributed by atoms with Crippen molar-refractivity contribution in [3.05, 3.63) is 87.7 Å². The third kappa shape index (κ3) is 6.84. The predicted molar refractivity (Wildman–Crippen MR) is 130 cm³/mol. The summed E-state index contributed by atoms with van der Waals surface area (Å²) in [5.74, 6) is 0.668. The monoisotopic (exact) mass is 447 g/mol. The Morgan fingerprint density at radius 2 is 1.76 bits per heavy atom. The number of fused-ring (bicyclic) bond motifs is 1. The minimum absolute atomic E-state index is 0.161. The van der Waals surface area contributed by atoms with Gasteiger partial charge in [-0.25, -0.2) is 0 Å². The van der Waals surface area contributed by atoms with E-state index in [2.05, 4.69) is 24.9 Å². The van der Waals surface area contributed by atoms with Gasteiger partial charge >= 0.3 is 0 Å². The van der Waals surface area contributed by atoms with Crippen molar-refractivity contribution >= 4 is 17.4 Å². The van der Waals surface area contributed by atoms with Crippen LogP contribution in [0.15, 0.2) is 76.6 Å². The molecular weight excluding hydrogens is 418 g/mol. The van der Waals surface area contributed by atoms with E-state index in [0.717, 1.165) is 18.4 Å². The SMILES string of the molecule is CC(C)=CCC/C(C)=C/COc1c(OC=O)c(=O)[nH]c2cc(OCc3ccccc3)ccc12. The minimum Gasteiger partial charge on any atom is -0.489 e. The number of carbonyl (C=O) groups excluding carboxylic acids is 1. The zero-order valence-corrected chi connectivity index (χ0v) is 19.2. The topological polar surface area (TPSA) is 77.6 Å². The summed E-state index contributed by atoms with van der Waals surface area (Å²) in [6.07, 6.45) is 6.04. The lowest BCUT2D eigenvalue weighted by Crippen LogP contribution is -2.13. The zero-order chi connectivity index (χ0) is 23.6. The summed E-state index contributed by atoms with van der Waals surface area (Å²) in [5.41, 5.74) is 3.49. The Labute approximate surface area is 193 Å². The molecule has 0 spiro atoms. The Morgan fingerprint density at radius 1 is 0.970 bits per heavy atom. The van der Waals surface area contributed by atoms with E-state index in [4.69, 9.17) is 14.2 Å². The molecule has 6 nitrogen and oxygen atoms in total. The number of allylic oxidation sites excluding steroid dienone is 3. The average molecular weight is 448 g/mol. The zero-order valence-electron chi connectivity index (χ0n) is 19.2.